The van der Waals surface area contributed by atoms with E-state index in [1.165, 1.54) is 0 Å². The summed E-state index contributed by atoms with van der Waals surface area (Å²) in [6.45, 7) is 5.38. The molecule has 0 saturated carbocycles. The first kappa shape index (κ1) is 15.5. The van der Waals surface area contributed by atoms with E-state index in [-0.39, 0.29) is 11.8 Å². The Morgan fingerprint density at radius 1 is 1.52 bits per heavy atom. The summed E-state index contributed by atoms with van der Waals surface area (Å²) < 4.78 is 10.7. The van der Waals surface area contributed by atoms with Crippen LogP contribution in [-0.2, 0) is 9.53 Å². The Morgan fingerprint density at radius 2 is 2.29 bits per heavy atom. The number of nitrogens with one attached hydrogen (secondary N) is 1. The SMILES string of the molecule is C=CCOc1cccc(NC(=O)C(N)C2CCOCC2)c1. The lowest BCUT2D eigenvalue weighted by Gasteiger charge is -2.26. The fraction of sp³-hybridized carbons (Fsp3) is 0.438. The number of carbonyl (C=O) groups excluding carboxylic acids is 1. The topological polar surface area (TPSA) is 73.6 Å². The molecule has 2 rings (SSSR count). The molecule has 1 saturated heterocycles. The van der Waals surface area contributed by atoms with Crippen LogP contribution >= 0.6 is 0 Å². The second-order valence-corrected chi connectivity index (χ2v) is 5.09. The molecule has 1 amide bonds. The molecule has 0 spiro atoms. The van der Waals surface area contributed by atoms with Crippen LogP contribution in [0.15, 0.2) is 36.9 Å². The van der Waals surface area contributed by atoms with Gasteiger partial charge in [-0.15, -0.1) is 0 Å². The van der Waals surface area contributed by atoms with Gasteiger partial charge in [-0.3, -0.25) is 4.79 Å². The zero-order valence-electron chi connectivity index (χ0n) is 12.1. The van der Waals surface area contributed by atoms with E-state index in [2.05, 4.69) is 11.9 Å². The number of hydrogen-bond acceptors (Lipinski definition) is 4. The number of amides is 1. The predicted molar refractivity (Wildman–Crippen MR) is 82.3 cm³/mol. The molecule has 1 aliphatic rings. The first-order valence-electron chi connectivity index (χ1n) is 7.18. The van der Waals surface area contributed by atoms with Gasteiger partial charge in [-0.05, 0) is 30.9 Å². The Kier molecular flexibility index (Phi) is 5.78. The molecule has 1 aliphatic heterocycles. The summed E-state index contributed by atoms with van der Waals surface area (Å²) in [5.74, 6) is 0.703. The normalized spacial score (nSPS) is 17.0. The maximum absolute atomic E-state index is 12.2. The Balaban J connectivity index is 1.93. The van der Waals surface area contributed by atoms with Crippen LogP contribution in [0.25, 0.3) is 0 Å². The Labute approximate surface area is 125 Å². The van der Waals surface area contributed by atoms with Crippen molar-refractivity contribution in [3.05, 3.63) is 36.9 Å². The minimum atomic E-state index is -0.508. The highest BCUT2D eigenvalue weighted by molar-refractivity contribution is 5.95. The number of carbonyl (C=O) groups is 1. The van der Waals surface area contributed by atoms with Crippen molar-refractivity contribution < 1.29 is 14.3 Å². The number of ether oxygens (including phenoxy) is 2. The molecular formula is C16H22N2O3. The molecule has 1 heterocycles. The summed E-state index contributed by atoms with van der Waals surface area (Å²) in [4.78, 5) is 12.2. The van der Waals surface area contributed by atoms with Gasteiger partial charge < -0.3 is 20.5 Å². The summed E-state index contributed by atoms with van der Waals surface area (Å²) in [5, 5.41) is 2.85. The largest absolute Gasteiger partial charge is 0.489 e. The van der Waals surface area contributed by atoms with Crippen LogP contribution in [0, 0.1) is 5.92 Å². The van der Waals surface area contributed by atoms with Gasteiger partial charge in [0, 0.05) is 25.0 Å². The molecule has 0 aromatic heterocycles. The van der Waals surface area contributed by atoms with E-state index in [4.69, 9.17) is 15.2 Å². The highest BCUT2D eigenvalue weighted by Crippen LogP contribution is 2.21. The maximum Gasteiger partial charge on any atom is 0.241 e. The van der Waals surface area contributed by atoms with Crippen molar-refractivity contribution in [2.75, 3.05) is 25.1 Å². The van der Waals surface area contributed by atoms with Gasteiger partial charge in [0.05, 0.1) is 6.04 Å². The van der Waals surface area contributed by atoms with Crippen LogP contribution in [0.3, 0.4) is 0 Å². The number of hydrogen-bond donors (Lipinski definition) is 2. The van der Waals surface area contributed by atoms with E-state index in [0.717, 1.165) is 12.8 Å². The monoisotopic (exact) mass is 290 g/mol. The maximum atomic E-state index is 12.2. The summed E-state index contributed by atoms with van der Waals surface area (Å²) in [5.41, 5.74) is 6.73. The first-order chi connectivity index (χ1) is 10.2. The molecule has 0 aliphatic carbocycles. The van der Waals surface area contributed by atoms with Gasteiger partial charge in [-0.2, -0.15) is 0 Å². The van der Waals surface area contributed by atoms with E-state index in [9.17, 15) is 4.79 Å². The lowest BCUT2D eigenvalue weighted by atomic mass is 9.92. The number of nitrogens with two attached hydrogens (primary N) is 1. The third-order valence-corrected chi connectivity index (χ3v) is 3.55. The molecule has 3 N–H and O–H groups in total. The van der Waals surface area contributed by atoms with Crippen LogP contribution in [0.5, 0.6) is 5.75 Å². The molecule has 1 atom stereocenters. The quantitative estimate of drug-likeness (QED) is 0.785. The van der Waals surface area contributed by atoms with Gasteiger partial charge in [0.1, 0.15) is 12.4 Å². The van der Waals surface area contributed by atoms with Crippen LogP contribution < -0.4 is 15.8 Å². The van der Waals surface area contributed by atoms with Crippen molar-refractivity contribution in [2.45, 2.75) is 18.9 Å². The summed E-state index contributed by atoms with van der Waals surface area (Å²) >= 11 is 0. The molecule has 21 heavy (non-hydrogen) atoms. The van der Waals surface area contributed by atoms with Crippen LogP contribution in [0.2, 0.25) is 0 Å². The Hall–Kier alpha value is -1.85. The predicted octanol–water partition coefficient (Wildman–Crippen LogP) is 1.94. The smallest absolute Gasteiger partial charge is 0.241 e. The van der Waals surface area contributed by atoms with Crippen LogP contribution in [0.4, 0.5) is 5.69 Å². The van der Waals surface area contributed by atoms with Crippen molar-refractivity contribution >= 4 is 11.6 Å². The fourth-order valence-electron chi connectivity index (χ4n) is 2.33. The van der Waals surface area contributed by atoms with Crippen molar-refractivity contribution in [3.63, 3.8) is 0 Å². The molecule has 5 heteroatoms. The minimum Gasteiger partial charge on any atom is -0.489 e. The van der Waals surface area contributed by atoms with Crippen molar-refractivity contribution in [1.29, 1.82) is 0 Å². The zero-order valence-corrected chi connectivity index (χ0v) is 12.1. The van der Waals surface area contributed by atoms with Gasteiger partial charge in [0.25, 0.3) is 0 Å². The van der Waals surface area contributed by atoms with E-state index >= 15 is 0 Å². The van der Waals surface area contributed by atoms with E-state index < -0.39 is 6.04 Å². The molecule has 0 radical (unpaired) electrons. The van der Waals surface area contributed by atoms with Gasteiger partial charge >= 0.3 is 0 Å². The molecule has 0 bridgehead atoms. The van der Waals surface area contributed by atoms with Crippen LogP contribution in [-0.4, -0.2) is 31.8 Å². The van der Waals surface area contributed by atoms with Crippen molar-refractivity contribution in [2.24, 2.45) is 11.7 Å². The van der Waals surface area contributed by atoms with Crippen molar-refractivity contribution in [3.8, 4) is 5.75 Å². The highest BCUT2D eigenvalue weighted by Gasteiger charge is 2.26. The van der Waals surface area contributed by atoms with Gasteiger partial charge in [0.2, 0.25) is 5.91 Å². The highest BCUT2D eigenvalue weighted by atomic mass is 16.5. The molecule has 1 aromatic carbocycles. The molecule has 1 aromatic rings. The third-order valence-electron chi connectivity index (χ3n) is 3.55. The van der Waals surface area contributed by atoms with Crippen LogP contribution in [0.1, 0.15) is 12.8 Å². The standard InChI is InChI=1S/C16H22N2O3/c1-2-8-21-14-5-3-4-13(11-14)18-16(19)15(17)12-6-9-20-10-7-12/h2-5,11-12,15H,1,6-10,17H2,(H,18,19). The van der Waals surface area contributed by atoms with Gasteiger partial charge in [0.15, 0.2) is 0 Å². The number of rotatable bonds is 6. The average Bonchev–Trinajstić information content (AvgIpc) is 2.53. The van der Waals surface area contributed by atoms with Gasteiger partial charge in [-0.25, -0.2) is 0 Å². The molecule has 1 fully saturated rings. The Bertz CT molecular complexity index is 484. The molecular weight excluding hydrogens is 268 g/mol. The summed E-state index contributed by atoms with van der Waals surface area (Å²) in [6, 6.07) is 6.74. The lowest BCUT2D eigenvalue weighted by molar-refractivity contribution is -0.119. The zero-order chi connectivity index (χ0) is 15.1. The van der Waals surface area contributed by atoms with Gasteiger partial charge in [-0.1, -0.05) is 18.7 Å². The van der Waals surface area contributed by atoms with E-state index in [1.807, 2.05) is 18.2 Å². The Morgan fingerprint density at radius 3 is 3.00 bits per heavy atom. The molecule has 5 nitrogen and oxygen atoms in total. The first-order valence-corrected chi connectivity index (χ1v) is 7.18. The summed E-state index contributed by atoms with van der Waals surface area (Å²) in [6.07, 6.45) is 3.33. The second kappa shape index (κ2) is 7.81. The lowest BCUT2D eigenvalue weighted by Crippen LogP contribution is -2.43. The molecule has 114 valence electrons. The van der Waals surface area contributed by atoms with Crippen molar-refractivity contribution in [1.82, 2.24) is 0 Å². The second-order valence-electron chi connectivity index (χ2n) is 5.09. The molecule has 1 unspecified atom stereocenters. The van der Waals surface area contributed by atoms with E-state index in [0.29, 0.717) is 31.3 Å². The number of benzene rings is 1. The van der Waals surface area contributed by atoms with E-state index in [1.54, 1.807) is 12.1 Å². The average molecular weight is 290 g/mol. The third kappa shape index (κ3) is 4.58. The fourth-order valence-corrected chi connectivity index (χ4v) is 2.33. The minimum absolute atomic E-state index is 0.164. The summed E-state index contributed by atoms with van der Waals surface area (Å²) in [7, 11) is 0. The number of anilines is 1.